The number of alkyl halides is 3. The smallest absolute Gasteiger partial charge is 0.383 e. The van der Waals surface area contributed by atoms with Crippen molar-refractivity contribution in [2.24, 2.45) is 0 Å². The van der Waals surface area contributed by atoms with E-state index in [2.05, 4.69) is 15.5 Å². The number of aromatic amines is 1. The van der Waals surface area contributed by atoms with E-state index in [0.717, 1.165) is 12.1 Å². The zero-order valence-corrected chi connectivity index (χ0v) is 9.42. The molecule has 1 aromatic carbocycles. The lowest BCUT2D eigenvalue weighted by atomic mass is 10.2. The molecule has 2 rings (SSSR count). The molecule has 0 aliphatic heterocycles. The molecular weight excluding hydrogens is 259 g/mol. The summed E-state index contributed by atoms with van der Waals surface area (Å²) in [4.78, 5) is 0. The van der Waals surface area contributed by atoms with Crippen molar-refractivity contribution in [2.75, 3.05) is 11.1 Å². The van der Waals surface area contributed by atoms with Gasteiger partial charge in [-0.15, -0.1) is 0 Å². The Kier molecular flexibility index (Phi) is 3.04. The molecule has 0 fully saturated rings. The number of nitrogens with one attached hydrogen (secondary N) is 2. The van der Waals surface area contributed by atoms with Crippen LogP contribution in [-0.2, 0) is 6.18 Å². The van der Waals surface area contributed by atoms with Gasteiger partial charge in [0.05, 0.1) is 5.56 Å². The maximum atomic E-state index is 12.5. The molecule has 8 heteroatoms. The fraction of sp³-hybridized carbons (Fsp3) is 0.0909. The number of hydrogen-bond donors (Lipinski definition) is 3. The molecule has 98 valence electrons. The van der Waals surface area contributed by atoms with Gasteiger partial charge in [0.2, 0.25) is 0 Å². The summed E-state index contributed by atoms with van der Waals surface area (Å²) in [6, 6.07) is 6.37. The summed E-state index contributed by atoms with van der Waals surface area (Å²) in [6.07, 6.45) is -4.43. The number of halogens is 3. The van der Waals surface area contributed by atoms with E-state index in [1.807, 2.05) is 0 Å². The molecule has 0 atom stereocenters. The molecule has 2 aromatic rings. The van der Waals surface area contributed by atoms with Crippen molar-refractivity contribution in [3.8, 4) is 6.07 Å². The number of nitrogens with zero attached hydrogens (tertiary/aromatic N) is 2. The number of nitrogen functional groups attached to an aromatic ring is 1. The van der Waals surface area contributed by atoms with Crippen LogP contribution in [-0.4, -0.2) is 10.2 Å². The number of nitriles is 1. The van der Waals surface area contributed by atoms with Crippen LogP contribution < -0.4 is 11.1 Å². The van der Waals surface area contributed by atoms with Gasteiger partial charge in [-0.2, -0.15) is 23.5 Å². The fourth-order valence-corrected chi connectivity index (χ4v) is 1.47. The van der Waals surface area contributed by atoms with Gasteiger partial charge in [0.1, 0.15) is 17.5 Å². The molecule has 0 aliphatic rings. The minimum absolute atomic E-state index is 0.0528. The lowest BCUT2D eigenvalue weighted by Gasteiger charge is -2.09. The fourth-order valence-electron chi connectivity index (χ4n) is 1.47. The van der Waals surface area contributed by atoms with Crippen LogP contribution in [0.5, 0.6) is 0 Å². The third kappa shape index (κ3) is 2.60. The molecule has 0 unspecified atom stereocenters. The van der Waals surface area contributed by atoms with Crippen LogP contribution in [0.1, 0.15) is 11.1 Å². The van der Waals surface area contributed by atoms with Gasteiger partial charge in [-0.3, -0.25) is 5.10 Å². The van der Waals surface area contributed by atoms with Gasteiger partial charge in [-0.25, -0.2) is 0 Å². The molecule has 4 N–H and O–H groups in total. The van der Waals surface area contributed by atoms with Crippen LogP contribution >= 0.6 is 0 Å². The molecule has 1 heterocycles. The van der Waals surface area contributed by atoms with Crippen LogP contribution in [0.15, 0.2) is 24.3 Å². The Morgan fingerprint density at radius 3 is 2.74 bits per heavy atom. The highest BCUT2D eigenvalue weighted by Crippen LogP contribution is 2.31. The Morgan fingerprint density at radius 1 is 1.37 bits per heavy atom. The molecule has 0 radical (unpaired) electrons. The van der Waals surface area contributed by atoms with E-state index in [-0.39, 0.29) is 22.9 Å². The molecule has 0 bridgehead atoms. The second-order valence-corrected chi connectivity index (χ2v) is 3.68. The van der Waals surface area contributed by atoms with Crippen molar-refractivity contribution in [3.05, 3.63) is 35.4 Å². The Labute approximate surface area is 105 Å². The van der Waals surface area contributed by atoms with E-state index in [1.54, 1.807) is 6.07 Å². The van der Waals surface area contributed by atoms with Crippen LogP contribution in [0.3, 0.4) is 0 Å². The second kappa shape index (κ2) is 4.53. The van der Waals surface area contributed by atoms with E-state index >= 15 is 0 Å². The Bertz CT molecular complexity index is 639. The number of aromatic nitrogens is 2. The van der Waals surface area contributed by atoms with Crippen LogP contribution in [0.2, 0.25) is 0 Å². The number of rotatable bonds is 2. The Balaban J connectivity index is 2.32. The van der Waals surface area contributed by atoms with Gasteiger partial charge in [0, 0.05) is 5.69 Å². The minimum atomic E-state index is -4.43. The minimum Gasteiger partial charge on any atom is -0.383 e. The number of H-pyrrole nitrogens is 1. The SMILES string of the molecule is N#Cc1c(Nc2cccc(C(F)(F)F)c2)n[nH]c1N. The summed E-state index contributed by atoms with van der Waals surface area (Å²) < 4.78 is 37.6. The molecular formula is C11H8F3N5. The maximum absolute atomic E-state index is 12.5. The second-order valence-electron chi connectivity index (χ2n) is 3.68. The van der Waals surface area contributed by atoms with Gasteiger partial charge in [0.25, 0.3) is 0 Å². The van der Waals surface area contributed by atoms with Crippen molar-refractivity contribution in [1.29, 1.82) is 5.26 Å². The zero-order chi connectivity index (χ0) is 14.0. The summed E-state index contributed by atoms with van der Waals surface area (Å²) in [6.45, 7) is 0. The number of hydrogen-bond acceptors (Lipinski definition) is 4. The average molecular weight is 267 g/mol. The average Bonchev–Trinajstić information content (AvgIpc) is 2.69. The summed E-state index contributed by atoms with van der Waals surface area (Å²) in [7, 11) is 0. The first-order valence-corrected chi connectivity index (χ1v) is 5.10. The summed E-state index contributed by atoms with van der Waals surface area (Å²) in [5.41, 5.74) is 4.87. The highest BCUT2D eigenvalue weighted by atomic mass is 19.4. The van der Waals surface area contributed by atoms with Crippen molar-refractivity contribution in [2.45, 2.75) is 6.18 Å². The van der Waals surface area contributed by atoms with Gasteiger partial charge < -0.3 is 11.1 Å². The molecule has 1 aromatic heterocycles. The van der Waals surface area contributed by atoms with Crippen molar-refractivity contribution < 1.29 is 13.2 Å². The Morgan fingerprint density at radius 2 is 2.11 bits per heavy atom. The van der Waals surface area contributed by atoms with Crippen molar-refractivity contribution in [3.63, 3.8) is 0 Å². The first-order valence-electron chi connectivity index (χ1n) is 5.10. The molecule has 0 amide bonds. The van der Waals surface area contributed by atoms with Gasteiger partial charge in [0.15, 0.2) is 5.82 Å². The first kappa shape index (κ1) is 12.8. The molecule has 0 saturated carbocycles. The Hall–Kier alpha value is -2.69. The van der Waals surface area contributed by atoms with E-state index in [1.165, 1.54) is 12.1 Å². The lowest BCUT2D eigenvalue weighted by Crippen LogP contribution is -2.05. The first-order chi connectivity index (χ1) is 8.91. The van der Waals surface area contributed by atoms with Crippen LogP contribution in [0.25, 0.3) is 0 Å². The van der Waals surface area contributed by atoms with Crippen LogP contribution in [0.4, 0.5) is 30.5 Å². The molecule has 0 aliphatic carbocycles. The summed E-state index contributed by atoms with van der Waals surface area (Å²) in [5.74, 6) is 0.135. The maximum Gasteiger partial charge on any atom is 0.416 e. The lowest BCUT2D eigenvalue weighted by molar-refractivity contribution is -0.137. The predicted octanol–water partition coefficient (Wildman–Crippen LogP) is 2.63. The topological polar surface area (TPSA) is 90.5 Å². The van der Waals surface area contributed by atoms with Crippen LogP contribution in [0, 0.1) is 11.3 Å². The number of benzene rings is 1. The molecule has 0 spiro atoms. The van der Waals surface area contributed by atoms with E-state index in [9.17, 15) is 13.2 Å². The summed E-state index contributed by atoms with van der Waals surface area (Å²) in [5, 5.41) is 17.5. The largest absolute Gasteiger partial charge is 0.416 e. The highest BCUT2D eigenvalue weighted by Gasteiger charge is 2.30. The zero-order valence-electron chi connectivity index (χ0n) is 9.42. The quantitative estimate of drug-likeness (QED) is 0.780. The third-order valence-corrected chi connectivity index (χ3v) is 2.36. The van der Waals surface area contributed by atoms with E-state index in [0.29, 0.717) is 0 Å². The van der Waals surface area contributed by atoms with E-state index in [4.69, 9.17) is 11.0 Å². The highest BCUT2D eigenvalue weighted by molar-refractivity contribution is 5.69. The summed E-state index contributed by atoms with van der Waals surface area (Å²) >= 11 is 0. The van der Waals surface area contributed by atoms with Gasteiger partial charge in [-0.1, -0.05) is 6.07 Å². The normalized spacial score (nSPS) is 11.1. The number of nitrogens with two attached hydrogens (primary N) is 1. The van der Waals surface area contributed by atoms with Gasteiger partial charge in [-0.05, 0) is 18.2 Å². The molecule has 5 nitrogen and oxygen atoms in total. The molecule has 0 saturated heterocycles. The standard InChI is InChI=1S/C11H8F3N5/c12-11(13,14)6-2-1-3-7(4-6)17-10-8(5-15)9(16)18-19-10/h1-4H,(H4,16,17,18,19). The van der Waals surface area contributed by atoms with E-state index < -0.39 is 11.7 Å². The molecule has 19 heavy (non-hydrogen) atoms. The monoisotopic (exact) mass is 267 g/mol. The van der Waals surface area contributed by atoms with Crippen molar-refractivity contribution >= 4 is 17.3 Å². The van der Waals surface area contributed by atoms with Crippen molar-refractivity contribution in [1.82, 2.24) is 10.2 Å². The number of anilines is 3. The predicted molar refractivity (Wildman–Crippen MR) is 62.4 cm³/mol. The third-order valence-electron chi connectivity index (χ3n) is 2.36. The van der Waals surface area contributed by atoms with Gasteiger partial charge >= 0.3 is 6.18 Å².